The Bertz CT molecular complexity index is 297. The number of carboxylic acid groups (broad SMARTS) is 1. The van der Waals surface area contributed by atoms with Gasteiger partial charge in [0.15, 0.2) is 0 Å². The molecular weight excluding hydrogens is 172 g/mol. The highest BCUT2D eigenvalue weighted by molar-refractivity contribution is 5.73. The van der Waals surface area contributed by atoms with E-state index in [0.29, 0.717) is 5.69 Å². The van der Waals surface area contributed by atoms with Crippen molar-refractivity contribution in [2.24, 2.45) is 5.84 Å². The summed E-state index contributed by atoms with van der Waals surface area (Å²) in [4.78, 5) is 10.3. The highest BCUT2D eigenvalue weighted by Crippen LogP contribution is 2.15. The molecule has 1 aromatic carbocycles. The van der Waals surface area contributed by atoms with E-state index in [0.717, 1.165) is 5.01 Å². The summed E-state index contributed by atoms with van der Waals surface area (Å²) in [5.74, 6) is 4.53. The Morgan fingerprint density at radius 2 is 1.92 bits per heavy atom. The molecule has 0 bridgehead atoms. The molecule has 0 amide bonds. The zero-order chi connectivity index (χ0) is 9.84. The molecule has 0 aliphatic rings. The summed E-state index contributed by atoms with van der Waals surface area (Å²) in [7, 11) is 0. The van der Waals surface area contributed by atoms with Gasteiger partial charge in [0.2, 0.25) is 0 Å². The number of hydrazine groups is 1. The van der Waals surface area contributed by atoms with Crippen LogP contribution >= 0.6 is 0 Å². The molecule has 0 fully saturated rings. The Balaban J connectivity index is 2.71. The van der Waals surface area contributed by atoms with E-state index in [1.165, 1.54) is 24.3 Å². The van der Waals surface area contributed by atoms with Crippen molar-refractivity contribution in [2.45, 2.75) is 0 Å². The van der Waals surface area contributed by atoms with E-state index in [-0.39, 0.29) is 12.3 Å². The number of aromatic hydroxyl groups is 1. The van der Waals surface area contributed by atoms with Crippen LogP contribution in [-0.4, -0.2) is 22.7 Å². The Morgan fingerprint density at radius 1 is 1.38 bits per heavy atom. The normalized spacial score (nSPS) is 9.62. The number of anilines is 1. The van der Waals surface area contributed by atoms with Crippen LogP contribution in [0, 0.1) is 0 Å². The summed E-state index contributed by atoms with van der Waals surface area (Å²) >= 11 is 0. The van der Waals surface area contributed by atoms with Gasteiger partial charge in [-0.25, -0.2) is 5.84 Å². The molecular formula is C8H10N2O3. The summed E-state index contributed by atoms with van der Waals surface area (Å²) in [5.41, 5.74) is 0.542. The van der Waals surface area contributed by atoms with Gasteiger partial charge in [-0.05, 0) is 24.3 Å². The van der Waals surface area contributed by atoms with Crippen molar-refractivity contribution in [3.8, 4) is 5.75 Å². The van der Waals surface area contributed by atoms with Crippen LogP contribution in [0.4, 0.5) is 5.69 Å². The van der Waals surface area contributed by atoms with E-state index in [2.05, 4.69) is 0 Å². The second kappa shape index (κ2) is 3.77. The first-order chi connectivity index (χ1) is 6.09. The number of phenols is 1. The van der Waals surface area contributed by atoms with Crippen LogP contribution in [-0.2, 0) is 4.79 Å². The van der Waals surface area contributed by atoms with E-state index in [9.17, 15) is 4.79 Å². The second-order valence-electron chi connectivity index (χ2n) is 2.54. The number of phenolic OH excluding ortho intramolecular Hbond substituents is 1. The maximum Gasteiger partial charge on any atom is 0.324 e. The predicted molar refractivity (Wildman–Crippen MR) is 47.3 cm³/mol. The first-order valence-corrected chi connectivity index (χ1v) is 3.62. The first kappa shape index (κ1) is 9.34. The van der Waals surface area contributed by atoms with Gasteiger partial charge >= 0.3 is 5.97 Å². The van der Waals surface area contributed by atoms with E-state index in [1.807, 2.05) is 0 Å². The summed E-state index contributed by atoms with van der Waals surface area (Å²) in [6.45, 7) is -0.273. The van der Waals surface area contributed by atoms with Gasteiger partial charge in [0, 0.05) is 0 Å². The van der Waals surface area contributed by atoms with Gasteiger partial charge in [-0.2, -0.15) is 0 Å². The molecule has 0 aliphatic heterocycles. The number of hydrogen-bond acceptors (Lipinski definition) is 4. The molecule has 1 rings (SSSR count). The lowest BCUT2D eigenvalue weighted by Gasteiger charge is -2.15. The Labute approximate surface area is 75.0 Å². The smallest absolute Gasteiger partial charge is 0.324 e. The zero-order valence-corrected chi connectivity index (χ0v) is 6.84. The SMILES string of the molecule is NN(CC(=O)O)c1ccc(O)cc1. The maximum atomic E-state index is 10.3. The van der Waals surface area contributed by atoms with E-state index in [1.54, 1.807) is 0 Å². The highest BCUT2D eigenvalue weighted by Gasteiger charge is 2.05. The third-order valence-corrected chi connectivity index (χ3v) is 1.49. The minimum atomic E-state index is -1.00. The number of carboxylic acids is 1. The van der Waals surface area contributed by atoms with Gasteiger partial charge in [0.05, 0.1) is 5.69 Å². The summed E-state index contributed by atoms with van der Waals surface area (Å²) in [6, 6.07) is 5.96. The quantitative estimate of drug-likeness (QED) is 0.457. The second-order valence-corrected chi connectivity index (χ2v) is 2.54. The third kappa shape index (κ3) is 2.64. The number of rotatable bonds is 3. The molecule has 70 valence electrons. The average molecular weight is 182 g/mol. The molecule has 0 unspecified atom stereocenters. The minimum Gasteiger partial charge on any atom is -0.508 e. The summed E-state index contributed by atoms with van der Waals surface area (Å²) in [6.07, 6.45) is 0. The van der Waals surface area contributed by atoms with E-state index in [4.69, 9.17) is 16.1 Å². The van der Waals surface area contributed by atoms with Crippen molar-refractivity contribution in [1.29, 1.82) is 0 Å². The fraction of sp³-hybridized carbons (Fsp3) is 0.125. The van der Waals surface area contributed by atoms with Crippen LogP contribution in [0.15, 0.2) is 24.3 Å². The minimum absolute atomic E-state index is 0.118. The molecule has 0 aliphatic carbocycles. The van der Waals surface area contributed by atoms with Crippen molar-refractivity contribution in [3.63, 3.8) is 0 Å². The lowest BCUT2D eigenvalue weighted by Crippen LogP contribution is -2.35. The van der Waals surface area contributed by atoms with Crippen LogP contribution in [0.5, 0.6) is 5.75 Å². The van der Waals surface area contributed by atoms with Gasteiger partial charge in [0.25, 0.3) is 0 Å². The molecule has 0 aromatic heterocycles. The van der Waals surface area contributed by atoms with Gasteiger partial charge in [-0.3, -0.25) is 9.80 Å². The molecule has 5 heteroatoms. The fourth-order valence-electron chi connectivity index (χ4n) is 0.881. The summed E-state index contributed by atoms with van der Waals surface area (Å²) < 4.78 is 0. The highest BCUT2D eigenvalue weighted by atomic mass is 16.4. The fourth-order valence-corrected chi connectivity index (χ4v) is 0.881. The lowest BCUT2D eigenvalue weighted by molar-refractivity contribution is -0.135. The van der Waals surface area contributed by atoms with Gasteiger partial charge in [-0.1, -0.05) is 0 Å². The Hall–Kier alpha value is -1.75. The molecule has 0 radical (unpaired) electrons. The molecule has 13 heavy (non-hydrogen) atoms. The molecule has 0 saturated heterocycles. The molecule has 0 atom stereocenters. The third-order valence-electron chi connectivity index (χ3n) is 1.49. The molecule has 0 saturated carbocycles. The summed E-state index contributed by atoms with van der Waals surface area (Å²) in [5, 5.41) is 18.5. The molecule has 0 spiro atoms. The maximum absolute atomic E-state index is 10.3. The van der Waals surface area contributed by atoms with Gasteiger partial charge < -0.3 is 10.2 Å². The topological polar surface area (TPSA) is 86.8 Å². The number of nitrogens with two attached hydrogens (primary N) is 1. The number of aliphatic carboxylic acids is 1. The molecule has 0 heterocycles. The average Bonchev–Trinajstić information content (AvgIpc) is 2.04. The lowest BCUT2D eigenvalue weighted by atomic mass is 10.3. The standard InChI is InChI=1S/C8H10N2O3/c9-10(5-8(12)13)6-1-3-7(11)4-2-6/h1-4,11H,5,9H2,(H,12,13). The monoisotopic (exact) mass is 182 g/mol. The van der Waals surface area contributed by atoms with Crippen molar-refractivity contribution in [1.82, 2.24) is 0 Å². The van der Waals surface area contributed by atoms with Crippen molar-refractivity contribution in [3.05, 3.63) is 24.3 Å². The van der Waals surface area contributed by atoms with Crippen molar-refractivity contribution >= 4 is 11.7 Å². The van der Waals surface area contributed by atoms with Crippen LogP contribution in [0.2, 0.25) is 0 Å². The van der Waals surface area contributed by atoms with E-state index >= 15 is 0 Å². The Kier molecular flexibility index (Phi) is 2.71. The number of carbonyl (C=O) groups is 1. The Morgan fingerprint density at radius 3 is 2.38 bits per heavy atom. The largest absolute Gasteiger partial charge is 0.508 e. The van der Waals surface area contributed by atoms with Crippen molar-refractivity contribution < 1.29 is 15.0 Å². The van der Waals surface area contributed by atoms with Crippen molar-refractivity contribution in [2.75, 3.05) is 11.6 Å². The zero-order valence-electron chi connectivity index (χ0n) is 6.84. The number of benzene rings is 1. The van der Waals surface area contributed by atoms with Crippen LogP contribution < -0.4 is 10.9 Å². The first-order valence-electron chi connectivity index (χ1n) is 3.62. The number of hydrogen-bond donors (Lipinski definition) is 3. The van der Waals surface area contributed by atoms with Gasteiger partial charge in [0.1, 0.15) is 12.3 Å². The van der Waals surface area contributed by atoms with Gasteiger partial charge in [-0.15, -0.1) is 0 Å². The van der Waals surface area contributed by atoms with Crippen LogP contribution in [0.25, 0.3) is 0 Å². The number of nitrogens with zero attached hydrogens (tertiary/aromatic N) is 1. The van der Waals surface area contributed by atoms with Crippen LogP contribution in [0.3, 0.4) is 0 Å². The van der Waals surface area contributed by atoms with Crippen LogP contribution in [0.1, 0.15) is 0 Å². The van der Waals surface area contributed by atoms with E-state index < -0.39 is 5.97 Å². The molecule has 5 nitrogen and oxygen atoms in total. The molecule has 4 N–H and O–H groups in total. The predicted octanol–water partition coefficient (Wildman–Crippen LogP) is 0.157. The molecule has 1 aromatic rings.